The van der Waals surface area contributed by atoms with Gasteiger partial charge in [-0.15, -0.1) is 0 Å². The summed E-state index contributed by atoms with van der Waals surface area (Å²) in [4.78, 5) is 33.5. The van der Waals surface area contributed by atoms with Crippen molar-refractivity contribution in [3.05, 3.63) is 53.6 Å². The molecular formula is C25H21F3N2O5. The van der Waals surface area contributed by atoms with Gasteiger partial charge in [-0.05, 0) is 48.7 Å². The van der Waals surface area contributed by atoms with Crippen LogP contribution < -0.4 is 14.4 Å². The van der Waals surface area contributed by atoms with Crippen molar-refractivity contribution in [2.75, 3.05) is 19.1 Å². The summed E-state index contributed by atoms with van der Waals surface area (Å²) >= 11 is 0. The van der Waals surface area contributed by atoms with Crippen molar-refractivity contribution in [3.8, 4) is 11.5 Å². The van der Waals surface area contributed by atoms with Gasteiger partial charge in [0.25, 0.3) is 0 Å². The third kappa shape index (κ3) is 3.01. The zero-order valence-electron chi connectivity index (χ0n) is 18.8. The van der Waals surface area contributed by atoms with E-state index in [9.17, 15) is 22.8 Å². The number of nitrogens with zero attached hydrogens (tertiary/aromatic N) is 2. The molecule has 2 aliphatic carbocycles. The Labute approximate surface area is 198 Å². The Morgan fingerprint density at radius 1 is 0.943 bits per heavy atom. The van der Waals surface area contributed by atoms with E-state index in [-0.39, 0.29) is 29.5 Å². The SMILES string of the molecule is COc1ccc(C2=NO[C@@H]3[C@@H]4C[C@@H]([C@H]5C(=O)N(c6cccc(C(F)(F)F)c6)C(=O)[C@@H]45)[C@H]23)cc1OC. The van der Waals surface area contributed by atoms with E-state index in [1.54, 1.807) is 19.2 Å². The Bertz CT molecular complexity index is 1280. The number of imide groups is 1. The number of oxime groups is 1. The highest BCUT2D eigenvalue weighted by atomic mass is 19.4. The quantitative estimate of drug-likeness (QED) is 0.613. The van der Waals surface area contributed by atoms with Gasteiger partial charge < -0.3 is 14.3 Å². The minimum absolute atomic E-state index is 0.0523. The fraction of sp³-hybridized carbons (Fsp3) is 0.400. The first kappa shape index (κ1) is 21.9. The van der Waals surface area contributed by atoms with Gasteiger partial charge in [-0.2, -0.15) is 13.2 Å². The van der Waals surface area contributed by atoms with Crippen molar-refractivity contribution in [2.24, 2.45) is 34.7 Å². The van der Waals surface area contributed by atoms with Crippen molar-refractivity contribution in [1.82, 2.24) is 0 Å². The number of carbonyl (C=O) groups excluding carboxylic acids is 2. The summed E-state index contributed by atoms with van der Waals surface area (Å²) in [6.45, 7) is 0. The van der Waals surface area contributed by atoms with Crippen LogP contribution in [0.3, 0.4) is 0 Å². The predicted octanol–water partition coefficient (Wildman–Crippen LogP) is 3.90. The summed E-state index contributed by atoms with van der Waals surface area (Å²) in [5.41, 5.74) is 0.493. The molecule has 2 aromatic carbocycles. The molecule has 2 heterocycles. The Balaban J connectivity index is 1.32. The smallest absolute Gasteiger partial charge is 0.416 e. The van der Waals surface area contributed by atoms with Gasteiger partial charge in [-0.3, -0.25) is 14.5 Å². The Kier molecular flexibility index (Phi) is 4.68. The number of hydrogen-bond donors (Lipinski definition) is 0. The monoisotopic (exact) mass is 486 g/mol. The Hall–Kier alpha value is -3.56. The number of alkyl halides is 3. The van der Waals surface area contributed by atoms with E-state index >= 15 is 0 Å². The average Bonchev–Trinajstić information content (AvgIpc) is 3.58. The van der Waals surface area contributed by atoms with Gasteiger partial charge in [-0.25, -0.2) is 0 Å². The molecule has 182 valence electrons. The molecule has 2 aromatic rings. The first-order valence-electron chi connectivity index (χ1n) is 11.3. The summed E-state index contributed by atoms with van der Waals surface area (Å²) in [7, 11) is 3.07. The van der Waals surface area contributed by atoms with Gasteiger partial charge in [0.2, 0.25) is 11.8 Å². The number of fused-ring (bicyclic) bond motifs is 8. The van der Waals surface area contributed by atoms with Gasteiger partial charge in [0.15, 0.2) is 11.5 Å². The third-order valence-corrected chi connectivity index (χ3v) is 7.80. The molecule has 4 aliphatic rings. The first-order valence-corrected chi connectivity index (χ1v) is 11.3. The largest absolute Gasteiger partial charge is 0.493 e. The van der Waals surface area contributed by atoms with Crippen LogP contribution in [0.1, 0.15) is 17.5 Å². The van der Waals surface area contributed by atoms with Crippen LogP contribution in [0.4, 0.5) is 18.9 Å². The van der Waals surface area contributed by atoms with Crippen molar-refractivity contribution in [2.45, 2.75) is 18.7 Å². The van der Waals surface area contributed by atoms with Crippen LogP contribution in [-0.4, -0.2) is 37.8 Å². The molecule has 0 unspecified atom stereocenters. The van der Waals surface area contributed by atoms with Gasteiger partial charge >= 0.3 is 6.18 Å². The number of rotatable bonds is 4. The van der Waals surface area contributed by atoms with Crippen LogP contribution >= 0.6 is 0 Å². The van der Waals surface area contributed by atoms with Crippen LogP contribution in [0, 0.1) is 29.6 Å². The van der Waals surface area contributed by atoms with Crippen molar-refractivity contribution in [3.63, 3.8) is 0 Å². The van der Waals surface area contributed by atoms with Crippen molar-refractivity contribution < 1.29 is 37.1 Å². The van der Waals surface area contributed by atoms with Crippen molar-refractivity contribution in [1.29, 1.82) is 0 Å². The molecule has 3 fully saturated rings. The number of hydrogen-bond acceptors (Lipinski definition) is 6. The van der Waals surface area contributed by atoms with E-state index in [1.807, 2.05) is 6.07 Å². The van der Waals surface area contributed by atoms with Crippen LogP contribution in [0.25, 0.3) is 0 Å². The van der Waals surface area contributed by atoms with Crippen LogP contribution in [0.2, 0.25) is 0 Å². The highest BCUT2D eigenvalue weighted by Crippen LogP contribution is 2.62. The van der Waals surface area contributed by atoms with E-state index in [4.69, 9.17) is 14.3 Å². The maximum atomic E-state index is 13.5. The topological polar surface area (TPSA) is 77.4 Å². The lowest BCUT2D eigenvalue weighted by Crippen LogP contribution is -2.41. The molecule has 6 atom stereocenters. The van der Waals surface area contributed by atoms with Gasteiger partial charge in [-0.1, -0.05) is 11.2 Å². The molecule has 2 bridgehead atoms. The summed E-state index contributed by atoms with van der Waals surface area (Å²) in [5.74, 6) is -1.69. The van der Waals surface area contributed by atoms with Crippen LogP contribution in [0.5, 0.6) is 11.5 Å². The second-order valence-corrected chi connectivity index (χ2v) is 9.32. The number of halogens is 3. The second-order valence-electron chi connectivity index (χ2n) is 9.32. The lowest BCUT2D eigenvalue weighted by atomic mass is 9.71. The predicted molar refractivity (Wildman–Crippen MR) is 117 cm³/mol. The van der Waals surface area contributed by atoms with Crippen LogP contribution in [-0.2, 0) is 20.6 Å². The molecule has 2 saturated carbocycles. The molecule has 2 amide bonds. The van der Waals surface area contributed by atoms with Gasteiger partial charge in [0, 0.05) is 17.4 Å². The van der Waals surface area contributed by atoms with Crippen molar-refractivity contribution >= 4 is 23.2 Å². The average molecular weight is 486 g/mol. The van der Waals surface area contributed by atoms with E-state index in [1.165, 1.54) is 19.2 Å². The highest BCUT2D eigenvalue weighted by Gasteiger charge is 2.70. The maximum absolute atomic E-state index is 13.5. The number of anilines is 1. The fourth-order valence-electron chi connectivity index (χ4n) is 6.44. The molecule has 1 saturated heterocycles. The summed E-state index contributed by atoms with van der Waals surface area (Å²) in [5, 5.41) is 4.31. The summed E-state index contributed by atoms with van der Waals surface area (Å²) < 4.78 is 50.4. The molecule has 35 heavy (non-hydrogen) atoms. The van der Waals surface area contributed by atoms with E-state index in [2.05, 4.69) is 5.16 Å². The lowest BCUT2D eigenvalue weighted by molar-refractivity contribution is -0.137. The van der Waals surface area contributed by atoms with E-state index in [0.717, 1.165) is 22.6 Å². The number of carbonyl (C=O) groups is 2. The molecule has 0 N–H and O–H groups in total. The molecular weight excluding hydrogens is 465 g/mol. The molecule has 0 radical (unpaired) electrons. The standard InChI is InChI=1S/C25H21F3N2O5/c1-33-16-7-6-11(8-17(16)34-2)21-20-14-10-15(22(20)35-29-21)19-18(14)23(31)30(24(19)32)13-5-3-4-12(9-13)25(26,27)28/h3-9,14-15,18-20,22H,10H2,1-2H3/t14-,15+,18+,19-,20+,22+/m0/s1. The zero-order chi connectivity index (χ0) is 24.6. The molecule has 2 aliphatic heterocycles. The van der Waals surface area contributed by atoms with E-state index in [0.29, 0.717) is 23.6 Å². The fourth-order valence-corrected chi connectivity index (χ4v) is 6.44. The second kappa shape index (κ2) is 7.47. The minimum atomic E-state index is -4.58. The first-order chi connectivity index (χ1) is 16.7. The van der Waals surface area contributed by atoms with Gasteiger partial charge in [0.1, 0.15) is 6.10 Å². The third-order valence-electron chi connectivity index (χ3n) is 7.80. The minimum Gasteiger partial charge on any atom is -0.493 e. The molecule has 6 rings (SSSR count). The number of ether oxygens (including phenoxy) is 2. The number of amides is 2. The Morgan fingerprint density at radius 2 is 1.66 bits per heavy atom. The number of methoxy groups -OCH3 is 2. The maximum Gasteiger partial charge on any atom is 0.416 e. The van der Waals surface area contributed by atoms with E-state index < -0.39 is 35.4 Å². The van der Waals surface area contributed by atoms with Crippen LogP contribution in [0.15, 0.2) is 47.6 Å². The molecule has 7 nitrogen and oxygen atoms in total. The summed E-state index contributed by atoms with van der Waals surface area (Å²) in [6, 6.07) is 9.74. The van der Waals surface area contributed by atoms with Gasteiger partial charge in [0.05, 0.1) is 43.0 Å². The molecule has 0 aromatic heterocycles. The summed E-state index contributed by atoms with van der Waals surface area (Å²) in [6.07, 6.45) is -4.31. The highest BCUT2D eigenvalue weighted by molar-refractivity contribution is 6.23. The zero-order valence-corrected chi connectivity index (χ0v) is 18.8. The molecule has 10 heteroatoms. The molecule has 0 spiro atoms. The number of benzene rings is 2. The normalized spacial score (nSPS) is 30.8. The Morgan fingerprint density at radius 3 is 2.34 bits per heavy atom. The lowest BCUT2D eigenvalue weighted by Gasteiger charge is -2.29.